The lowest BCUT2D eigenvalue weighted by molar-refractivity contribution is -0.115. The van der Waals surface area contributed by atoms with Crippen LogP contribution in [-0.2, 0) is 4.79 Å². The molecule has 2 heterocycles. The number of benzene rings is 2. The summed E-state index contributed by atoms with van der Waals surface area (Å²) in [6, 6.07) is 11.8. The Balaban J connectivity index is 1.89. The zero-order valence-electron chi connectivity index (χ0n) is 15.8. The Morgan fingerprint density at radius 1 is 1.17 bits per heavy atom. The first-order valence-electron chi connectivity index (χ1n) is 9.05. The van der Waals surface area contributed by atoms with E-state index >= 15 is 0 Å². The molecule has 1 atom stereocenters. The van der Waals surface area contributed by atoms with Crippen LogP contribution in [0.1, 0.15) is 26.9 Å². The molecule has 0 saturated carbocycles. The summed E-state index contributed by atoms with van der Waals surface area (Å²) in [5, 5.41) is 9.24. The minimum absolute atomic E-state index is 0.0480. The SMILES string of the molecule is Cc1c(N2C(=O)CSC2c2ccc(F)cc2)ccc(C(=O)O)c1-c1cccnc1F. The summed E-state index contributed by atoms with van der Waals surface area (Å²) in [7, 11) is 0. The van der Waals surface area contributed by atoms with Gasteiger partial charge in [-0.05, 0) is 54.4 Å². The van der Waals surface area contributed by atoms with Crippen LogP contribution in [0.4, 0.5) is 14.5 Å². The Hall–Kier alpha value is -3.26. The second-order valence-corrected chi connectivity index (χ2v) is 7.83. The maximum Gasteiger partial charge on any atom is 0.336 e. The number of carbonyl (C=O) groups is 2. The number of thioether (sulfide) groups is 1. The number of hydrogen-bond donors (Lipinski definition) is 1. The van der Waals surface area contributed by atoms with Crippen LogP contribution >= 0.6 is 11.8 Å². The number of carboxylic acids is 1. The maximum absolute atomic E-state index is 14.4. The van der Waals surface area contributed by atoms with E-state index in [1.54, 1.807) is 30.0 Å². The number of hydrogen-bond acceptors (Lipinski definition) is 4. The number of aromatic nitrogens is 1. The van der Waals surface area contributed by atoms with E-state index in [1.165, 1.54) is 48.3 Å². The summed E-state index contributed by atoms with van der Waals surface area (Å²) in [6.07, 6.45) is 1.28. The molecular weight excluding hydrogens is 410 g/mol. The minimum Gasteiger partial charge on any atom is -0.478 e. The van der Waals surface area contributed by atoms with Crippen LogP contribution in [0.3, 0.4) is 0 Å². The molecule has 0 spiro atoms. The van der Waals surface area contributed by atoms with Crippen LogP contribution in [0.25, 0.3) is 11.1 Å². The van der Waals surface area contributed by atoms with Crippen LogP contribution < -0.4 is 4.90 Å². The number of pyridine rings is 1. The Kier molecular flexibility index (Phi) is 5.26. The topological polar surface area (TPSA) is 70.5 Å². The molecule has 1 aliphatic rings. The van der Waals surface area contributed by atoms with E-state index in [1.807, 2.05) is 0 Å². The molecule has 1 amide bonds. The molecule has 0 radical (unpaired) electrons. The van der Waals surface area contributed by atoms with E-state index < -0.39 is 17.3 Å². The van der Waals surface area contributed by atoms with Crippen LogP contribution in [0.15, 0.2) is 54.7 Å². The van der Waals surface area contributed by atoms with Crippen molar-refractivity contribution in [1.29, 1.82) is 0 Å². The van der Waals surface area contributed by atoms with Crippen molar-refractivity contribution in [2.24, 2.45) is 0 Å². The Morgan fingerprint density at radius 2 is 1.90 bits per heavy atom. The number of nitrogens with zero attached hydrogens (tertiary/aromatic N) is 2. The summed E-state index contributed by atoms with van der Waals surface area (Å²) in [6.45, 7) is 1.65. The van der Waals surface area contributed by atoms with E-state index in [0.717, 1.165) is 5.56 Å². The highest BCUT2D eigenvalue weighted by atomic mass is 32.2. The highest BCUT2D eigenvalue weighted by Gasteiger charge is 2.36. The van der Waals surface area contributed by atoms with Gasteiger partial charge in [0.05, 0.1) is 11.3 Å². The molecule has 1 unspecified atom stereocenters. The number of carboxylic acid groups (broad SMARTS) is 1. The van der Waals surface area contributed by atoms with Gasteiger partial charge in [0.1, 0.15) is 11.2 Å². The van der Waals surface area contributed by atoms with E-state index in [-0.39, 0.29) is 34.2 Å². The van der Waals surface area contributed by atoms with Crippen molar-refractivity contribution in [3.8, 4) is 11.1 Å². The molecule has 4 rings (SSSR count). The fraction of sp³-hybridized carbons (Fsp3) is 0.136. The summed E-state index contributed by atoms with van der Waals surface area (Å²) in [5.41, 5.74) is 1.80. The predicted molar refractivity (Wildman–Crippen MR) is 110 cm³/mol. The molecule has 152 valence electrons. The third-order valence-corrected chi connectivity index (χ3v) is 6.19. The van der Waals surface area contributed by atoms with Crippen molar-refractivity contribution >= 4 is 29.3 Å². The molecule has 8 heteroatoms. The molecule has 5 nitrogen and oxygen atoms in total. The fourth-order valence-corrected chi connectivity index (χ4v) is 4.79. The third-order valence-electron chi connectivity index (χ3n) is 4.98. The molecule has 30 heavy (non-hydrogen) atoms. The van der Waals surface area contributed by atoms with Gasteiger partial charge in [0.2, 0.25) is 11.9 Å². The first kappa shape index (κ1) is 20.0. The van der Waals surface area contributed by atoms with Crippen molar-refractivity contribution in [2.45, 2.75) is 12.3 Å². The second kappa shape index (κ2) is 7.87. The average molecular weight is 426 g/mol. The van der Waals surface area contributed by atoms with Crippen molar-refractivity contribution in [3.05, 3.63) is 83.2 Å². The minimum atomic E-state index is -1.21. The van der Waals surface area contributed by atoms with Crippen LogP contribution in [0.5, 0.6) is 0 Å². The lowest BCUT2D eigenvalue weighted by Gasteiger charge is -2.27. The molecule has 0 aliphatic carbocycles. The number of halogens is 2. The molecule has 1 N–H and O–H groups in total. The van der Waals surface area contributed by atoms with Gasteiger partial charge >= 0.3 is 5.97 Å². The highest BCUT2D eigenvalue weighted by Crippen LogP contribution is 2.45. The molecule has 1 fully saturated rings. The molecule has 2 aromatic carbocycles. The van der Waals surface area contributed by atoms with Crippen molar-refractivity contribution in [1.82, 2.24) is 4.98 Å². The second-order valence-electron chi connectivity index (χ2n) is 6.76. The summed E-state index contributed by atoms with van der Waals surface area (Å²) >= 11 is 1.39. The Bertz CT molecular complexity index is 1150. The van der Waals surface area contributed by atoms with Gasteiger partial charge in [0, 0.05) is 23.0 Å². The van der Waals surface area contributed by atoms with Crippen LogP contribution in [0.2, 0.25) is 0 Å². The smallest absolute Gasteiger partial charge is 0.336 e. The zero-order chi connectivity index (χ0) is 21.4. The van der Waals surface area contributed by atoms with Gasteiger partial charge in [0.25, 0.3) is 0 Å². The third kappa shape index (κ3) is 3.43. The van der Waals surface area contributed by atoms with E-state index in [4.69, 9.17) is 0 Å². The Morgan fingerprint density at radius 3 is 2.57 bits per heavy atom. The number of anilines is 1. The Labute approximate surface area is 175 Å². The van der Waals surface area contributed by atoms with Crippen molar-refractivity contribution in [3.63, 3.8) is 0 Å². The molecular formula is C22H16F2N2O3S. The molecule has 1 saturated heterocycles. The summed E-state index contributed by atoms with van der Waals surface area (Å²) in [4.78, 5) is 29.7. The number of aromatic carboxylic acids is 1. The molecule has 1 aliphatic heterocycles. The van der Waals surface area contributed by atoms with Gasteiger partial charge in [-0.3, -0.25) is 9.69 Å². The van der Waals surface area contributed by atoms with Gasteiger partial charge in [-0.15, -0.1) is 11.8 Å². The zero-order valence-corrected chi connectivity index (χ0v) is 16.6. The highest BCUT2D eigenvalue weighted by molar-refractivity contribution is 8.00. The summed E-state index contributed by atoms with van der Waals surface area (Å²) in [5.74, 6) is -2.33. The fourth-order valence-electron chi connectivity index (χ4n) is 3.62. The van der Waals surface area contributed by atoms with E-state index in [0.29, 0.717) is 11.3 Å². The van der Waals surface area contributed by atoms with Crippen LogP contribution in [0, 0.1) is 18.7 Å². The van der Waals surface area contributed by atoms with Gasteiger partial charge in [0.15, 0.2) is 0 Å². The van der Waals surface area contributed by atoms with E-state index in [2.05, 4.69) is 4.98 Å². The molecule has 0 bridgehead atoms. The first-order valence-corrected chi connectivity index (χ1v) is 10.1. The maximum atomic E-state index is 14.4. The van der Waals surface area contributed by atoms with Crippen molar-refractivity contribution in [2.75, 3.05) is 10.7 Å². The normalized spacial score (nSPS) is 16.2. The monoisotopic (exact) mass is 426 g/mol. The van der Waals surface area contributed by atoms with Gasteiger partial charge < -0.3 is 5.11 Å². The lowest BCUT2D eigenvalue weighted by atomic mass is 9.93. The first-order chi connectivity index (χ1) is 14.4. The predicted octanol–water partition coefficient (Wildman–Crippen LogP) is 4.81. The van der Waals surface area contributed by atoms with E-state index in [9.17, 15) is 23.5 Å². The molecule has 3 aromatic rings. The standard InChI is InChI=1S/C22H16F2N2O3S/c1-12-17(26-18(27)11-30-21(26)13-4-6-14(23)7-5-13)9-8-16(22(28)29)19(12)15-3-2-10-25-20(15)24/h2-10,21H,11H2,1H3,(H,28,29). The quantitative estimate of drug-likeness (QED) is 0.606. The summed E-state index contributed by atoms with van der Waals surface area (Å²) < 4.78 is 27.8. The number of amides is 1. The van der Waals surface area contributed by atoms with Gasteiger partial charge in [-0.1, -0.05) is 12.1 Å². The lowest BCUT2D eigenvalue weighted by Crippen LogP contribution is -2.29. The average Bonchev–Trinajstić information content (AvgIpc) is 3.10. The molecule has 1 aromatic heterocycles. The van der Waals surface area contributed by atoms with Crippen LogP contribution in [-0.4, -0.2) is 27.7 Å². The van der Waals surface area contributed by atoms with Gasteiger partial charge in [-0.2, -0.15) is 4.39 Å². The largest absolute Gasteiger partial charge is 0.478 e. The van der Waals surface area contributed by atoms with Gasteiger partial charge in [-0.25, -0.2) is 14.2 Å². The van der Waals surface area contributed by atoms with Crippen molar-refractivity contribution < 1.29 is 23.5 Å². The number of rotatable bonds is 4. The number of carbonyl (C=O) groups excluding carboxylic acids is 1.